The van der Waals surface area contributed by atoms with Crippen molar-refractivity contribution in [1.29, 1.82) is 0 Å². The van der Waals surface area contributed by atoms with Gasteiger partial charge in [-0.25, -0.2) is 4.98 Å². The number of aryl methyl sites for hydroxylation is 2. The summed E-state index contributed by atoms with van der Waals surface area (Å²) < 4.78 is 2.05. The first kappa shape index (κ1) is 19.3. The largest absolute Gasteiger partial charge is 0.342 e. The maximum atomic E-state index is 12.7. The lowest BCUT2D eigenvalue weighted by molar-refractivity contribution is -0.128. The molecule has 5 rings (SSSR count). The third-order valence-corrected chi connectivity index (χ3v) is 8.28. The first-order chi connectivity index (χ1) is 14.1. The molecule has 1 fully saturated rings. The first-order valence-electron chi connectivity index (χ1n) is 10.7. The van der Waals surface area contributed by atoms with Crippen molar-refractivity contribution >= 4 is 44.9 Å². The molecule has 0 spiro atoms. The predicted molar refractivity (Wildman–Crippen MR) is 118 cm³/mol. The SMILES string of the molecule is Cc1nc2sc3c(c2c2nnc(SCC(=O)N4CCCCCC4)n12)CCC(C)C3. The molecule has 8 heteroatoms. The summed E-state index contributed by atoms with van der Waals surface area (Å²) in [5, 5.41) is 11.0. The number of carbonyl (C=O) groups excluding carboxylic acids is 1. The van der Waals surface area contributed by atoms with E-state index in [1.807, 2.05) is 27.6 Å². The van der Waals surface area contributed by atoms with Crippen LogP contribution in [0.25, 0.3) is 15.9 Å². The van der Waals surface area contributed by atoms with Gasteiger partial charge >= 0.3 is 0 Å². The Labute approximate surface area is 179 Å². The molecular formula is C21H27N5OS2. The second-order valence-corrected chi connectivity index (χ2v) is 10.4. The number of thioether (sulfide) groups is 1. The Morgan fingerprint density at radius 2 is 2.00 bits per heavy atom. The predicted octanol–water partition coefficient (Wildman–Crippen LogP) is 4.27. The van der Waals surface area contributed by atoms with Crippen molar-refractivity contribution < 1.29 is 4.79 Å². The number of hydrogen-bond donors (Lipinski definition) is 0. The van der Waals surface area contributed by atoms with Gasteiger partial charge in [0.25, 0.3) is 0 Å². The second kappa shape index (κ2) is 7.87. The van der Waals surface area contributed by atoms with Crippen LogP contribution in [0.4, 0.5) is 0 Å². The smallest absolute Gasteiger partial charge is 0.233 e. The van der Waals surface area contributed by atoms with Crippen LogP contribution in [0, 0.1) is 12.8 Å². The summed E-state index contributed by atoms with van der Waals surface area (Å²) in [6, 6.07) is 0. The summed E-state index contributed by atoms with van der Waals surface area (Å²) in [5.41, 5.74) is 2.33. The molecule has 3 aromatic heterocycles. The van der Waals surface area contributed by atoms with E-state index in [4.69, 9.17) is 4.98 Å². The molecular weight excluding hydrogens is 402 g/mol. The Morgan fingerprint density at radius 3 is 2.79 bits per heavy atom. The fourth-order valence-electron chi connectivity index (χ4n) is 4.60. The van der Waals surface area contributed by atoms with Crippen LogP contribution in [0.3, 0.4) is 0 Å². The van der Waals surface area contributed by atoms with Gasteiger partial charge in [-0.1, -0.05) is 31.5 Å². The highest BCUT2D eigenvalue weighted by molar-refractivity contribution is 7.99. The van der Waals surface area contributed by atoms with E-state index in [0.29, 0.717) is 5.75 Å². The topological polar surface area (TPSA) is 63.4 Å². The van der Waals surface area contributed by atoms with Crippen LogP contribution in [0.5, 0.6) is 0 Å². The zero-order chi connectivity index (χ0) is 20.0. The Morgan fingerprint density at radius 1 is 1.21 bits per heavy atom. The van der Waals surface area contributed by atoms with E-state index in [0.717, 1.165) is 66.1 Å². The Kier molecular flexibility index (Phi) is 5.24. The van der Waals surface area contributed by atoms with Crippen LogP contribution in [0.2, 0.25) is 0 Å². The minimum absolute atomic E-state index is 0.210. The van der Waals surface area contributed by atoms with Crippen LogP contribution in [0.1, 0.15) is 55.3 Å². The van der Waals surface area contributed by atoms with E-state index in [9.17, 15) is 4.79 Å². The van der Waals surface area contributed by atoms with Gasteiger partial charge in [0.2, 0.25) is 5.91 Å². The number of fused-ring (bicyclic) bond motifs is 5. The van der Waals surface area contributed by atoms with Crippen molar-refractivity contribution in [3.8, 4) is 0 Å². The lowest BCUT2D eigenvalue weighted by Gasteiger charge is -2.19. The molecule has 0 radical (unpaired) electrons. The Bertz CT molecular complexity index is 1060. The van der Waals surface area contributed by atoms with Gasteiger partial charge in [-0.3, -0.25) is 9.20 Å². The quantitative estimate of drug-likeness (QED) is 0.582. The number of aromatic nitrogens is 4. The molecule has 0 saturated carbocycles. The van der Waals surface area contributed by atoms with Gasteiger partial charge in [0, 0.05) is 18.0 Å². The van der Waals surface area contributed by atoms with Gasteiger partial charge in [-0.15, -0.1) is 21.5 Å². The van der Waals surface area contributed by atoms with Crippen molar-refractivity contribution in [2.75, 3.05) is 18.8 Å². The highest BCUT2D eigenvalue weighted by Gasteiger charge is 2.25. The summed E-state index contributed by atoms with van der Waals surface area (Å²) in [5.74, 6) is 2.26. The molecule has 6 nitrogen and oxygen atoms in total. The maximum absolute atomic E-state index is 12.7. The van der Waals surface area contributed by atoms with Gasteiger partial charge in [-0.05, 0) is 50.5 Å². The van der Waals surface area contributed by atoms with Gasteiger partial charge in [0.05, 0.1) is 11.1 Å². The molecule has 2 aliphatic rings. The monoisotopic (exact) mass is 429 g/mol. The van der Waals surface area contributed by atoms with Crippen LogP contribution in [-0.4, -0.2) is 49.2 Å². The molecule has 0 N–H and O–H groups in total. The van der Waals surface area contributed by atoms with Crippen molar-refractivity contribution in [2.45, 2.75) is 63.9 Å². The highest BCUT2D eigenvalue weighted by atomic mass is 32.2. The normalized spacial score (nSPS) is 20.2. The van der Waals surface area contributed by atoms with Gasteiger partial charge in [-0.2, -0.15) is 0 Å². The van der Waals surface area contributed by atoms with E-state index in [2.05, 4.69) is 17.1 Å². The fourth-order valence-corrected chi connectivity index (χ4v) is 6.90. The fraction of sp³-hybridized carbons (Fsp3) is 0.619. The zero-order valence-corrected chi connectivity index (χ0v) is 18.7. The number of thiophene rings is 1. The molecule has 1 aliphatic heterocycles. The molecule has 29 heavy (non-hydrogen) atoms. The third kappa shape index (κ3) is 3.54. The molecule has 1 amide bonds. The summed E-state index contributed by atoms with van der Waals surface area (Å²) in [6.07, 6.45) is 8.16. The summed E-state index contributed by atoms with van der Waals surface area (Å²) in [4.78, 5) is 22.1. The van der Waals surface area contributed by atoms with E-state index < -0.39 is 0 Å². The number of carbonyl (C=O) groups is 1. The minimum Gasteiger partial charge on any atom is -0.342 e. The van der Waals surface area contributed by atoms with Crippen molar-refractivity contribution in [2.24, 2.45) is 5.92 Å². The lowest BCUT2D eigenvalue weighted by atomic mass is 9.89. The number of amides is 1. The molecule has 0 bridgehead atoms. The van der Waals surface area contributed by atoms with Crippen LogP contribution in [-0.2, 0) is 17.6 Å². The van der Waals surface area contributed by atoms with E-state index in [1.54, 1.807) is 0 Å². The molecule has 154 valence electrons. The Balaban J connectivity index is 1.45. The second-order valence-electron chi connectivity index (χ2n) is 8.42. The Hall–Kier alpha value is -1.67. The van der Waals surface area contributed by atoms with Gasteiger partial charge in [0.1, 0.15) is 10.7 Å². The number of likely N-dealkylation sites (tertiary alicyclic amines) is 1. The van der Waals surface area contributed by atoms with Crippen molar-refractivity contribution in [3.63, 3.8) is 0 Å². The number of nitrogens with zero attached hydrogens (tertiary/aromatic N) is 5. The van der Waals surface area contributed by atoms with Gasteiger partial charge in [0.15, 0.2) is 10.8 Å². The van der Waals surface area contributed by atoms with Crippen LogP contribution < -0.4 is 0 Å². The van der Waals surface area contributed by atoms with Crippen molar-refractivity contribution in [1.82, 2.24) is 24.5 Å². The van der Waals surface area contributed by atoms with E-state index >= 15 is 0 Å². The van der Waals surface area contributed by atoms with Gasteiger partial charge < -0.3 is 4.90 Å². The standard InChI is InChI=1S/C21H27N5OS2/c1-13-7-8-15-16(11-13)29-20-18(15)19-23-24-21(26(19)14(2)22-20)28-12-17(27)25-9-5-3-4-6-10-25/h13H,3-12H2,1-2H3. The number of rotatable bonds is 3. The maximum Gasteiger partial charge on any atom is 0.233 e. The average Bonchev–Trinajstić information content (AvgIpc) is 3.15. The summed E-state index contributed by atoms with van der Waals surface area (Å²) in [7, 11) is 0. The number of hydrogen-bond acceptors (Lipinski definition) is 6. The molecule has 4 heterocycles. The molecule has 1 saturated heterocycles. The molecule has 1 aliphatic carbocycles. The molecule has 3 aromatic rings. The van der Waals surface area contributed by atoms with Crippen LogP contribution in [0.15, 0.2) is 5.16 Å². The molecule has 1 atom stereocenters. The van der Waals surface area contributed by atoms with Crippen LogP contribution >= 0.6 is 23.1 Å². The average molecular weight is 430 g/mol. The molecule has 1 unspecified atom stereocenters. The molecule has 0 aromatic carbocycles. The summed E-state index contributed by atoms with van der Waals surface area (Å²) in [6.45, 7) is 6.12. The lowest BCUT2D eigenvalue weighted by Crippen LogP contribution is -2.33. The van der Waals surface area contributed by atoms with Crippen molar-refractivity contribution in [3.05, 3.63) is 16.3 Å². The summed E-state index contributed by atoms with van der Waals surface area (Å²) >= 11 is 3.31. The minimum atomic E-state index is 0.210. The first-order valence-corrected chi connectivity index (χ1v) is 12.5. The zero-order valence-electron chi connectivity index (χ0n) is 17.1. The highest BCUT2D eigenvalue weighted by Crippen LogP contribution is 2.39. The third-order valence-electron chi connectivity index (χ3n) is 6.22. The van der Waals surface area contributed by atoms with E-state index in [1.165, 1.54) is 46.9 Å². The van der Waals surface area contributed by atoms with E-state index in [-0.39, 0.29) is 5.91 Å².